The number of benzene rings is 1. The second kappa shape index (κ2) is 9.92. The third-order valence-corrected chi connectivity index (χ3v) is 6.86. The van der Waals surface area contributed by atoms with Crippen LogP contribution in [0.3, 0.4) is 0 Å². The molecule has 1 atom stereocenters. The SMILES string of the molecule is CCN1CCN([C@@H]2CCN(CC(=O)Nc3ccccc3N3CCCCC3)C2)CC1. The van der Waals surface area contributed by atoms with Crippen LogP contribution < -0.4 is 10.2 Å². The minimum absolute atomic E-state index is 0.117. The van der Waals surface area contributed by atoms with Crippen molar-refractivity contribution >= 4 is 17.3 Å². The zero-order valence-corrected chi connectivity index (χ0v) is 18.0. The number of para-hydroxylation sites is 2. The molecule has 6 nitrogen and oxygen atoms in total. The van der Waals surface area contributed by atoms with Gasteiger partial charge in [0, 0.05) is 58.4 Å². The van der Waals surface area contributed by atoms with Gasteiger partial charge in [-0.25, -0.2) is 0 Å². The highest BCUT2D eigenvalue weighted by Crippen LogP contribution is 2.28. The van der Waals surface area contributed by atoms with Crippen LogP contribution in [0.15, 0.2) is 24.3 Å². The van der Waals surface area contributed by atoms with Gasteiger partial charge in [0.15, 0.2) is 0 Å². The average molecular weight is 400 g/mol. The number of anilines is 2. The molecule has 0 bridgehead atoms. The van der Waals surface area contributed by atoms with Crippen LogP contribution >= 0.6 is 0 Å². The molecular formula is C23H37N5O. The smallest absolute Gasteiger partial charge is 0.238 e. The number of likely N-dealkylation sites (tertiary alicyclic amines) is 1. The third-order valence-electron chi connectivity index (χ3n) is 6.86. The van der Waals surface area contributed by atoms with Crippen molar-refractivity contribution in [1.29, 1.82) is 0 Å². The van der Waals surface area contributed by atoms with Crippen LogP contribution in [0.2, 0.25) is 0 Å². The standard InChI is InChI=1S/C23H37N5O/c1-2-25-14-16-27(17-15-25)20-10-13-26(18-20)19-23(29)24-21-8-4-5-9-22(21)28-11-6-3-7-12-28/h4-5,8-9,20H,2-3,6-7,10-19H2,1H3,(H,24,29)/t20-/m1/s1. The number of rotatable bonds is 6. The summed E-state index contributed by atoms with van der Waals surface area (Å²) in [4.78, 5) is 22.7. The summed E-state index contributed by atoms with van der Waals surface area (Å²) in [6.07, 6.45) is 4.98. The van der Waals surface area contributed by atoms with Crippen LogP contribution in [0.4, 0.5) is 11.4 Å². The molecule has 6 heteroatoms. The number of piperazine rings is 1. The lowest BCUT2D eigenvalue weighted by Gasteiger charge is -2.37. The van der Waals surface area contributed by atoms with Gasteiger partial charge in [0.05, 0.1) is 17.9 Å². The fraction of sp³-hybridized carbons (Fsp3) is 0.696. The molecule has 0 aromatic heterocycles. The monoisotopic (exact) mass is 399 g/mol. The summed E-state index contributed by atoms with van der Waals surface area (Å²) in [5.41, 5.74) is 2.14. The Morgan fingerprint density at radius 2 is 1.72 bits per heavy atom. The number of amides is 1. The van der Waals surface area contributed by atoms with E-state index in [1.807, 2.05) is 12.1 Å². The summed E-state index contributed by atoms with van der Waals surface area (Å²) >= 11 is 0. The maximum atomic E-state index is 12.8. The number of nitrogens with one attached hydrogen (secondary N) is 1. The van der Waals surface area contributed by atoms with Crippen LogP contribution in [-0.2, 0) is 4.79 Å². The van der Waals surface area contributed by atoms with Crippen molar-refractivity contribution in [3.8, 4) is 0 Å². The first kappa shape index (κ1) is 20.6. The Labute approximate surface area is 175 Å². The first-order valence-electron chi connectivity index (χ1n) is 11.6. The Morgan fingerprint density at radius 3 is 2.48 bits per heavy atom. The van der Waals surface area contributed by atoms with E-state index in [0.29, 0.717) is 12.6 Å². The van der Waals surface area contributed by atoms with Crippen molar-refractivity contribution in [3.05, 3.63) is 24.3 Å². The molecule has 3 heterocycles. The van der Waals surface area contributed by atoms with Crippen LogP contribution in [0.25, 0.3) is 0 Å². The second-order valence-electron chi connectivity index (χ2n) is 8.76. The fourth-order valence-electron chi connectivity index (χ4n) is 5.08. The number of carbonyl (C=O) groups excluding carboxylic acids is 1. The van der Waals surface area contributed by atoms with Gasteiger partial charge in [-0.15, -0.1) is 0 Å². The van der Waals surface area contributed by atoms with Crippen molar-refractivity contribution in [2.75, 3.05) is 75.7 Å². The predicted molar refractivity (Wildman–Crippen MR) is 120 cm³/mol. The molecule has 0 radical (unpaired) electrons. The van der Waals surface area contributed by atoms with E-state index in [1.165, 1.54) is 57.5 Å². The molecule has 0 unspecified atom stereocenters. The molecule has 0 saturated carbocycles. The Hall–Kier alpha value is -1.63. The largest absolute Gasteiger partial charge is 0.370 e. The van der Waals surface area contributed by atoms with Crippen molar-refractivity contribution < 1.29 is 4.79 Å². The molecule has 0 aliphatic carbocycles. The van der Waals surface area contributed by atoms with E-state index in [1.54, 1.807) is 0 Å². The van der Waals surface area contributed by atoms with Gasteiger partial charge >= 0.3 is 0 Å². The number of nitrogens with zero attached hydrogens (tertiary/aromatic N) is 4. The topological polar surface area (TPSA) is 42.1 Å². The lowest BCUT2D eigenvalue weighted by Crippen LogP contribution is -2.51. The zero-order valence-electron chi connectivity index (χ0n) is 18.0. The second-order valence-corrected chi connectivity index (χ2v) is 8.76. The molecular weight excluding hydrogens is 362 g/mol. The number of likely N-dealkylation sites (N-methyl/N-ethyl adjacent to an activating group) is 1. The van der Waals surface area contributed by atoms with Gasteiger partial charge in [-0.1, -0.05) is 19.1 Å². The van der Waals surface area contributed by atoms with Gasteiger partial charge in [0.2, 0.25) is 5.91 Å². The molecule has 4 rings (SSSR count). The number of hydrogen-bond donors (Lipinski definition) is 1. The van der Waals surface area contributed by atoms with Gasteiger partial charge in [-0.05, 0) is 44.4 Å². The van der Waals surface area contributed by atoms with Gasteiger partial charge in [-0.3, -0.25) is 14.6 Å². The molecule has 29 heavy (non-hydrogen) atoms. The first-order valence-corrected chi connectivity index (χ1v) is 11.6. The number of carbonyl (C=O) groups is 1. The van der Waals surface area contributed by atoms with Crippen LogP contribution in [-0.4, -0.2) is 92.1 Å². The van der Waals surface area contributed by atoms with Crippen LogP contribution in [0, 0.1) is 0 Å². The van der Waals surface area contributed by atoms with Crippen LogP contribution in [0.1, 0.15) is 32.6 Å². The third kappa shape index (κ3) is 5.30. The maximum Gasteiger partial charge on any atom is 0.238 e. The summed E-state index contributed by atoms with van der Waals surface area (Å²) in [6, 6.07) is 8.89. The molecule has 1 aromatic carbocycles. The van der Waals surface area contributed by atoms with E-state index in [2.05, 4.69) is 44.0 Å². The molecule has 1 amide bonds. The summed E-state index contributed by atoms with van der Waals surface area (Å²) in [6.45, 7) is 12.8. The molecule has 1 aromatic rings. The average Bonchev–Trinajstić information content (AvgIpc) is 3.23. The Morgan fingerprint density at radius 1 is 0.966 bits per heavy atom. The van der Waals surface area contributed by atoms with E-state index in [-0.39, 0.29) is 5.91 Å². The van der Waals surface area contributed by atoms with Gasteiger partial charge in [0.25, 0.3) is 0 Å². The highest BCUT2D eigenvalue weighted by atomic mass is 16.2. The normalized spacial score (nSPS) is 24.7. The van der Waals surface area contributed by atoms with Crippen LogP contribution in [0.5, 0.6) is 0 Å². The Kier molecular flexibility index (Phi) is 7.06. The summed E-state index contributed by atoms with van der Waals surface area (Å²) < 4.78 is 0. The minimum Gasteiger partial charge on any atom is -0.370 e. The Balaban J connectivity index is 1.27. The highest BCUT2D eigenvalue weighted by Gasteiger charge is 2.30. The quantitative estimate of drug-likeness (QED) is 0.795. The molecule has 0 spiro atoms. The first-order chi connectivity index (χ1) is 14.2. The molecule has 3 fully saturated rings. The predicted octanol–water partition coefficient (Wildman–Crippen LogP) is 2.33. The van der Waals surface area contributed by atoms with Crippen molar-refractivity contribution in [3.63, 3.8) is 0 Å². The van der Waals surface area contributed by atoms with Gasteiger partial charge in [-0.2, -0.15) is 0 Å². The molecule has 1 N–H and O–H groups in total. The summed E-state index contributed by atoms with van der Waals surface area (Å²) in [5.74, 6) is 0.117. The number of piperidine rings is 1. The fourth-order valence-corrected chi connectivity index (χ4v) is 5.08. The number of hydrogen-bond acceptors (Lipinski definition) is 5. The van der Waals surface area contributed by atoms with E-state index in [0.717, 1.165) is 38.4 Å². The lowest BCUT2D eigenvalue weighted by atomic mass is 10.1. The van der Waals surface area contributed by atoms with E-state index < -0.39 is 0 Å². The molecule has 160 valence electrons. The van der Waals surface area contributed by atoms with Gasteiger partial charge < -0.3 is 15.1 Å². The van der Waals surface area contributed by atoms with E-state index in [9.17, 15) is 4.79 Å². The van der Waals surface area contributed by atoms with E-state index in [4.69, 9.17) is 0 Å². The summed E-state index contributed by atoms with van der Waals surface area (Å²) in [5, 5.41) is 3.20. The Bertz CT molecular complexity index is 667. The van der Waals surface area contributed by atoms with Crippen molar-refractivity contribution in [2.45, 2.75) is 38.6 Å². The molecule has 3 aliphatic heterocycles. The molecule has 3 aliphatic rings. The minimum atomic E-state index is 0.117. The van der Waals surface area contributed by atoms with Gasteiger partial charge in [0.1, 0.15) is 0 Å². The maximum absolute atomic E-state index is 12.8. The lowest BCUT2D eigenvalue weighted by molar-refractivity contribution is -0.117. The summed E-state index contributed by atoms with van der Waals surface area (Å²) in [7, 11) is 0. The van der Waals surface area contributed by atoms with Crippen molar-refractivity contribution in [1.82, 2.24) is 14.7 Å². The van der Waals surface area contributed by atoms with Crippen molar-refractivity contribution in [2.24, 2.45) is 0 Å². The van der Waals surface area contributed by atoms with E-state index >= 15 is 0 Å². The zero-order chi connectivity index (χ0) is 20.1. The highest BCUT2D eigenvalue weighted by molar-refractivity contribution is 5.95. The molecule has 3 saturated heterocycles.